The molecule has 1 nitrogen and oxygen atoms in total. The number of aromatic nitrogens is 1. The third-order valence-electron chi connectivity index (χ3n) is 9.67. The van der Waals surface area contributed by atoms with E-state index < -0.39 is 0 Å². The molecular formula is C44H27N. The van der Waals surface area contributed by atoms with E-state index in [4.69, 9.17) is 0 Å². The lowest BCUT2D eigenvalue weighted by molar-refractivity contribution is 1.18. The van der Waals surface area contributed by atoms with E-state index in [1.54, 1.807) is 0 Å². The molecule has 9 aromatic carbocycles. The summed E-state index contributed by atoms with van der Waals surface area (Å²) in [5.41, 5.74) is 8.62. The summed E-state index contributed by atoms with van der Waals surface area (Å²) in [6.07, 6.45) is 0. The summed E-state index contributed by atoms with van der Waals surface area (Å²) in [6.45, 7) is 0. The van der Waals surface area contributed by atoms with Crippen molar-refractivity contribution >= 4 is 64.9 Å². The molecule has 0 aliphatic carbocycles. The summed E-state index contributed by atoms with van der Waals surface area (Å²) in [5.74, 6) is 0. The van der Waals surface area contributed by atoms with Gasteiger partial charge < -0.3 is 4.57 Å². The van der Waals surface area contributed by atoms with Crippen LogP contribution in [0.4, 0.5) is 0 Å². The van der Waals surface area contributed by atoms with E-state index >= 15 is 0 Å². The van der Waals surface area contributed by atoms with Gasteiger partial charge in [-0.25, -0.2) is 0 Å². The number of rotatable bonds is 3. The molecule has 1 heteroatoms. The molecule has 0 aliphatic rings. The molecule has 0 bridgehead atoms. The highest BCUT2D eigenvalue weighted by Crippen LogP contribution is 2.45. The minimum Gasteiger partial charge on any atom is -0.309 e. The first kappa shape index (κ1) is 24.5. The fraction of sp³-hybridized carbons (Fsp3) is 0. The third kappa shape index (κ3) is 3.56. The minimum atomic E-state index is 1.17. The van der Waals surface area contributed by atoms with Crippen LogP contribution in [0.2, 0.25) is 0 Å². The van der Waals surface area contributed by atoms with Crippen molar-refractivity contribution in [2.24, 2.45) is 0 Å². The Labute approximate surface area is 260 Å². The molecule has 0 fully saturated rings. The molecule has 1 aromatic heterocycles. The molecule has 0 atom stereocenters. The predicted molar refractivity (Wildman–Crippen MR) is 193 cm³/mol. The Kier molecular flexibility index (Phi) is 5.06. The zero-order valence-corrected chi connectivity index (χ0v) is 24.5. The highest BCUT2D eigenvalue weighted by Gasteiger charge is 2.20. The lowest BCUT2D eigenvalue weighted by Gasteiger charge is -2.14. The van der Waals surface area contributed by atoms with Crippen LogP contribution in [0.1, 0.15) is 0 Å². The van der Waals surface area contributed by atoms with Gasteiger partial charge in [0.1, 0.15) is 0 Å². The highest BCUT2D eigenvalue weighted by molar-refractivity contribution is 6.27. The van der Waals surface area contributed by atoms with Gasteiger partial charge in [0.2, 0.25) is 0 Å². The van der Waals surface area contributed by atoms with E-state index in [0.29, 0.717) is 0 Å². The summed E-state index contributed by atoms with van der Waals surface area (Å²) in [7, 11) is 0. The van der Waals surface area contributed by atoms with Gasteiger partial charge >= 0.3 is 0 Å². The molecule has 10 rings (SSSR count). The Morgan fingerprint density at radius 2 is 0.867 bits per heavy atom. The summed E-state index contributed by atoms with van der Waals surface area (Å²) >= 11 is 0. The second kappa shape index (κ2) is 9.29. The average Bonchev–Trinajstić information content (AvgIpc) is 3.45. The molecule has 0 saturated carbocycles. The number of benzene rings is 9. The topological polar surface area (TPSA) is 4.93 Å². The minimum absolute atomic E-state index is 1.17. The van der Waals surface area contributed by atoms with E-state index in [1.165, 1.54) is 92.8 Å². The Hall–Kier alpha value is -5.92. The molecule has 0 spiro atoms. The smallest absolute Gasteiger partial charge is 0.0553 e. The number of hydrogen-bond donors (Lipinski definition) is 0. The molecule has 208 valence electrons. The third-order valence-corrected chi connectivity index (χ3v) is 9.67. The van der Waals surface area contributed by atoms with Gasteiger partial charge in [0.25, 0.3) is 0 Å². The molecule has 0 aliphatic heterocycles. The predicted octanol–water partition coefficient (Wildman–Crippen LogP) is 12.2. The van der Waals surface area contributed by atoms with E-state index in [9.17, 15) is 0 Å². The van der Waals surface area contributed by atoms with Crippen LogP contribution in [-0.4, -0.2) is 4.57 Å². The maximum absolute atomic E-state index is 2.47. The van der Waals surface area contributed by atoms with Gasteiger partial charge in [-0.05, 0) is 108 Å². The van der Waals surface area contributed by atoms with Crippen LogP contribution >= 0.6 is 0 Å². The molecule has 0 saturated heterocycles. The maximum Gasteiger partial charge on any atom is 0.0553 e. The van der Waals surface area contributed by atoms with Crippen molar-refractivity contribution in [3.05, 3.63) is 164 Å². The normalized spacial score (nSPS) is 12.0. The van der Waals surface area contributed by atoms with Crippen molar-refractivity contribution in [1.82, 2.24) is 4.57 Å². The van der Waals surface area contributed by atoms with Crippen molar-refractivity contribution in [1.29, 1.82) is 0 Å². The quantitative estimate of drug-likeness (QED) is 0.187. The van der Waals surface area contributed by atoms with E-state index in [1.807, 2.05) is 0 Å². The zero-order valence-electron chi connectivity index (χ0n) is 24.5. The van der Waals surface area contributed by atoms with Crippen molar-refractivity contribution in [2.45, 2.75) is 0 Å². The monoisotopic (exact) mass is 569 g/mol. The second-order valence-corrected chi connectivity index (χ2v) is 12.1. The van der Waals surface area contributed by atoms with Gasteiger partial charge in [0.15, 0.2) is 0 Å². The first-order valence-corrected chi connectivity index (χ1v) is 15.6. The average molecular weight is 570 g/mol. The molecular weight excluding hydrogens is 542 g/mol. The Bertz CT molecular complexity index is 2730. The number of para-hydroxylation sites is 1. The van der Waals surface area contributed by atoms with Crippen molar-refractivity contribution < 1.29 is 0 Å². The molecule has 0 N–H and O–H groups in total. The van der Waals surface area contributed by atoms with Crippen LogP contribution in [-0.2, 0) is 0 Å². The van der Waals surface area contributed by atoms with Crippen LogP contribution in [0, 0.1) is 0 Å². The standard InChI is InChI=1S/C44H27N/c1-3-11-28(12-4-1)32-23-30-19-20-31-24-33(26-42-44(31)43(30)41(25-32)45(42)34-14-5-2-6-15-34)39-27-40-35-16-8-7-13-29(35)21-22-38(40)36-17-9-10-18-37(36)39/h1-27H. The van der Waals surface area contributed by atoms with E-state index in [2.05, 4.69) is 168 Å². The summed E-state index contributed by atoms with van der Waals surface area (Å²) in [4.78, 5) is 0. The van der Waals surface area contributed by atoms with Gasteiger partial charge in [-0.1, -0.05) is 121 Å². The molecule has 10 aromatic rings. The largest absolute Gasteiger partial charge is 0.309 e. The first-order chi connectivity index (χ1) is 22.3. The molecule has 45 heavy (non-hydrogen) atoms. The van der Waals surface area contributed by atoms with Crippen LogP contribution in [0.3, 0.4) is 0 Å². The van der Waals surface area contributed by atoms with Gasteiger partial charge in [0, 0.05) is 16.5 Å². The van der Waals surface area contributed by atoms with Crippen LogP contribution in [0.5, 0.6) is 0 Å². The van der Waals surface area contributed by atoms with Gasteiger partial charge in [-0.2, -0.15) is 0 Å². The lowest BCUT2D eigenvalue weighted by atomic mass is 9.89. The number of fused-ring (bicyclic) bond motifs is 5. The fourth-order valence-corrected chi connectivity index (χ4v) is 7.67. The maximum atomic E-state index is 2.47. The van der Waals surface area contributed by atoms with Crippen molar-refractivity contribution in [3.8, 4) is 27.9 Å². The molecule has 0 amide bonds. The van der Waals surface area contributed by atoms with E-state index in [-0.39, 0.29) is 0 Å². The van der Waals surface area contributed by atoms with Gasteiger partial charge in [0.05, 0.1) is 11.0 Å². The van der Waals surface area contributed by atoms with Gasteiger partial charge in [-0.3, -0.25) is 0 Å². The van der Waals surface area contributed by atoms with Crippen molar-refractivity contribution in [2.75, 3.05) is 0 Å². The molecule has 0 unspecified atom stereocenters. The SMILES string of the molecule is c1ccc(-c2cc3ccc4cc(-c5cc6c7ccccc7ccc6c6ccccc56)cc5c4c3c(c2)n5-c2ccccc2)cc1. The second-order valence-electron chi connectivity index (χ2n) is 12.1. The first-order valence-electron chi connectivity index (χ1n) is 15.6. The summed E-state index contributed by atoms with van der Waals surface area (Å²) < 4.78 is 2.47. The summed E-state index contributed by atoms with van der Waals surface area (Å²) in [5, 5.41) is 12.9. The van der Waals surface area contributed by atoms with Gasteiger partial charge in [-0.15, -0.1) is 0 Å². The molecule has 0 radical (unpaired) electrons. The lowest BCUT2D eigenvalue weighted by Crippen LogP contribution is -1.94. The Morgan fingerprint density at radius 1 is 0.311 bits per heavy atom. The Balaban J connectivity index is 1.35. The zero-order chi connectivity index (χ0) is 29.5. The van der Waals surface area contributed by atoms with Crippen LogP contribution < -0.4 is 0 Å². The fourth-order valence-electron chi connectivity index (χ4n) is 7.67. The summed E-state index contributed by atoms with van der Waals surface area (Å²) in [6, 6.07) is 60.3. The molecule has 1 heterocycles. The highest BCUT2D eigenvalue weighted by atomic mass is 15.0. The number of nitrogens with zero attached hydrogens (tertiary/aromatic N) is 1. The van der Waals surface area contributed by atoms with Crippen LogP contribution in [0.15, 0.2) is 164 Å². The van der Waals surface area contributed by atoms with E-state index in [0.717, 1.165) is 0 Å². The Morgan fingerprint density at radius 3 is 1.62 bits per heavy atom. The number of hydrogen-bond acceptors (Lipinski definition) is 0. The van der Waals surface area contributed by atoms with Crippen LogP contribution in [0.25, 0.3) is 92.8 Å². The van der Waals surface area contributed by atoms with Crippen molar-refractivity contribution in [3.63, 3.8) is 0 Å².